The number of carbonyl (C=O) groups is 1. The highest BCUT2D eigenvalue weighted by Gasteiger charge is 2.23. The topological polar surface area (TPSA) is 91.6 Å². The first-order valence-electron chi connectivity index (χ1n) is 10.1. The summed E-state index contributed by atoms with van der Waals surface area (Å²) in [5, 5.41) is 11.9. The third-order valence-corrected chi connectivity index (χ3v) is 7.02. The quantitative estimate of drug-likeness (QED) is 0.505. The molecule has 0 atom stereocenters. The maximum absolute atomic E-state index is 12.8. The van der Waals surface area contributed by atoms with E-state index in [1.54, 1.807) is 24.3 Å². The van der Waals surface area contributed by atoms with Crippen molar-refractivity contribution in [2.24, 2.45) is 0 Å². The van der Waals surface area contributed by atoms with Crippen molar-refractivity contribution >= 4 is 15.9 Å². The lowest BCUT2D eigenvalue weighted by atomic mass is 10.1. The molecule has 0 aliphatic heterocycles. The van der Waals surface area contributed by atoms with Gasteiger partial charge in [-0.05, 0) is 35.7 Å². The van der Waals surface area contributed by atoms with Crippen LogP contribution in [0.3, 0.4) is 0 Å². The van der Waals surface area contributed by atoms with Gasteiger partial charge in [0.25, 0.3) is 5.91 Å². The summed E-state index contributed by atoms with van der Waals surface area (Å²) in [6.45, 7) is 0.467. The van der Waals surface area contributed by atoms with Crippen LogP contribution in [0.5, 0.6) is 0 Å². The lowest BCUT2D eigenvalue weighted by Gasteiger charge is -2.18. The highest BCUT2D eigenvalue weighted by atomic mass is 32.2. The number of hydrogen-bond acceptors (Lipinski definition) is 4. The highest BCUT2D eigenvalue weighted by Crippen LogP contribution is 2.19. The second kappa shape index (κ2) is 10.4. The number of nitrogens with zero attached hydrogens (tertiary/aromatic N) is 2. The fourth-order valence-electron chi connectivity index (χ4n) is 3.31. The predicted octanol–water partition coefficient (Wildman–Crippen LogP) is 2.27. The molecule has 1 heterocycles. The molecule has 0 fully saturated rings. The Morgan fingerprint density at radius 1 is 1.03 bits per heavy atom. The summed E-state index contributed by atoms with van der Waals surface area (Å²) in [5.74, 6) is -0.269. The molecule has 7 nitrogen and oxygen atoms in total. The largest absolute Gasteiger partial charge is 0.395 e. The Kier molecular flexibility index (Phi) is 7.62. The van der Waals surface area contributed by atoms with E-state index < -0.39 is 10.0 Å². The van der Waals surface area contributed by atoms with Gasteiger partial charge in [-0.25, -0.2) is 8.42 Å². The average molecular weight is 442 g/mol. The molecule has 31 heavy (non-hydrogen) atoms. The SMILES string of the molecule is CN(CCO)S(=O)(=O)c1ccccc1CNC(=O)c1cccn1CCc1ccccc1. The van der Waals surface area contributed by atoms with E-state index in [9.17, 15) is 13.2 Å². The number of likely N-dealkylation sites (N-methyl/N-ethyl adjacent to an activating group) is 1. The molecule has 0 spiro atoms. The van der Waals surface area contributed by atoms with Crippen molar-refractivity contribution in [2.75, 3.05) is 20.2 Å². The molecule has 3 rings (SSSR count). The molecule has 164 valence electrons. The van der Waals surface area contributed by atoms with Crippen LogP contribution in [-0.4, -0.2) is 48.5 Å². The molecule has 1 aromatic heterocycles. The number of aryl methyl sites for hydroxylation is 2. The Morgan fingerprint density at radius 3 is 2.48 bits per heavy atom. The number of aliphatic hydroxyl groups is 1. The molecule has 2 N–H and O–H groups in total. The molecular formula is C23H27N3O4S. The zero-order valence-electron chi connectivity index (χ0n) is 17.4. The average Bonchev–Trinajstić information content (AvgIpc) is 3.26. The van der Waals surface area contributed by atoms with Crippen molar-refractivity contribution in [3.05, 3.63) is 89.7 Å². The van der Waals surface area contributed by atoms with Crippen molar-refractivity contribution in [3.63, 3.8) is 0 Å². The second-order valence-electron chi connectivity index (χ2n) is 7.16. The Labute approximate surface area is 183 Å². The highest BCUT2D eigenvalue weighted by molar-refractivity contribution is 7.89. The van der Waals surface area contributed by atoms with Gasteiger partial charge in [0.2, 0.25) is 10.0 Å². The van der Waals surface area contributed by atoms with Gasteiger partial charge >= 0.3 is 0 Å². The van der Waals surface area contributed by atoms with E-state index in [2.05, 4.69) is 17.4 Å². The standard InChI is InChI=1S/C23H27N3O4S/c1-25(16-17-27)31(29,30)22-12-6-5-10-20(22)18-24-23(28)21-11-7-14-26(21)15-13-19-8-3-2-4-9-19/h2-12,14,27H,13,15-18H2,1H3,(H,24,28). The van der Waals surface area contributed by atoms with E-state index in [-0.39, 0.29) is 30.5 Å². The summed E-state index contributed by atoms with van der Waals surface area (Å²) >= 11 is 0. The minimum Gasteiger partial charge on any atom is -0.395 e. The van der Waals surface area contributed by atoms with Gasteiger partial charge in [-0.2, -0.15) is 4.31 Å². The minimum atomic E-state index is -3.76. The van der Waals surface area contributed by atoms with Gasteiger partial charge in [0.05, 0.1) is 11.5 Å². The van der Waals surface area contributed by atoms with Gasteiger partial charge in [0.15, 0.2) is 0 Å². The van der Waals surface area contributed by atoms with E-state index in [1.165, 1.54) is 18.7 Å². The Bertz CT molecular complexity index is 1110. The van der Waals surface area contributed by atoms with Crippen molar-refractivity contribution in [1.82, 2.24) is 14.2 Å². The molecular weight excluding hydrogens is 414 g/mol. The molecule has 0 saturated carbocycles. The van der Waals surface area contributed by atoms with Crippen LogP contribution in [0.25, 0.3) is 0 Å². The first kappa shape index (κ1) is 22.7. The van der Waals surface area contributed by atoms with Crippen LogP contribution in [0.4, 0.5) is 0 Å². The molecule has 2 aromatic carbocycles. The number of nitrogens with one attached hydrogen (secondary N) is 1. The number of benzene rings is 2. The minimum absolute atomic E-state index is 0.00203. The summed E-state index contributed by atoms with van der Waals surface area (Å²) < 4.78 is 28.6. The van der Waals surface area contributed by atoms with Crippen LogP contribution >= 0.6 is 0 Å². The van der Waals surface area contributed by atoms with Crippen molar-refractivity contribution in [2.45, 2.75) is 24.4 Å². The van der Waals surface area contributed by atoms with E-state index >= 15 is 0 Å². The van der Waals surface area contributed by atoms with E-state index in [0.29, 0.717) is 17.8 Å². The molecule has 0 aliphatic rings. The second-order valence-corrected chi connectivity index (χ2v) is 9.18. The molecule has 0 saturated heterocycles. The Hall–Kier alpha value is -2.94. The number of rotatable bonds is 10. The van der Waals surface area contributed by atoms with Crippen molar-refractivity contribution in [1.29, 1.82) is 0 Å². The maximum Gasteiger partial charge on any atom is 0.268 e. The summed E-state index contributed by atoms with van der Waals surface area (Å²) in [7, 11) is -2.35. The van der Waals surface area contributed by atoms with E-state index in [0.717, 1.165) is 10.7 Å². The zero-order chi connectivity index (χ0) is 22.3. The molecule has 0 radical (unpaired) electrons. The Morgan fingerprint density at radius 2 is 1.74 bits per heavy atom. The fourth-order valence-corrected chi connectivity index (χ4v) is 4.69. The Balaban J connectivity index is 1.69. The van der Waals surface area contributed by atoms with Gasteiger partial charge in [-0.1, -0.05) is 48.5 Å². The van der Waals surface area contributed by atoms with Gasteiger partial charge in [-0.3, -0.25) is 4.79 Å². The van der Waals surface area contributed by atoms with Gasteiger partial charge < -0.3 is 15.0 Å². The van der Waals surface area contributed by atoms with Gasteiger partial charge in [0.1, 0.15) is 5.69 Å². The molecule has 1 amide bonds. The number of carbonyl (C=O) groups excluding carboxylic acids is 1. The number of sulfonamides is 1. The summed E-state index contributed by atoms with van der Waals surface area (Å²) in [6.07, 6.45) is 2.66. The first-order chi connectivity index (χ1) is 14.9. The molecule has 0 bridgehead atoms. The summed E-state index contributed by atoms with van der Waals surface area (Å²) in [5.41, 5.74) is 2.20. The molecule has 0 unspecified atom stereocenters. The van der Waals surface area contributed by atoms with Gasteiger partial charge in [0, 0.05) is 32.9 Å². The predicted molar refractivity (Wildman–Crippen MR) is 119 cm³/mol. The lowest BCUT2D eigenvalue weighted by molar-refractivity contribution is 0.0941. The normalized spacial score (nSPS) is 11.6. The van der Waals surface area contributed by atoms with E-state index in [1.807, 2.05) is 35.0 Å². The third-order valence-electron chi connectivity index (χ3n) is 5.06. The number of hydrogen-bond donors (Lipinski definition) is 2. The van der Waals surface area contributed by atoms with Crippen LogP contribution in [0.2, 0.25) is 0 Å². The summed E-state index contributed by atoms with van der Waals surface area (Å²) in [6, 6.07) is 20.2. The van der Waals surface area contributed by atoms with Crippen LogP contribution in [0.1, 0.15) is 21.6 Å². The van der Waals surface area contributed by atoms with Crippen LogP contribution in [0, 0.1) is 0 Å². The number of aromatic nitrogens is 1. The van der Waals surface area contributed by atoms with Crippen LogP contribution in [-0.2, 0) is 29.5 Å². The fraction of sp³-hybridized carbons (Fsp3) is 0.261. The number of amides is 1. The zero-order valence-corrected chi connectivity index (χ0v) is 18.3. The van der Waals surface area contributed by atoms with Crippen LogP contribution in [0.15, 0.2) is 77.8 Å². The van der Waals surface area contributed by atoms with Gasteiger partial charge in [-0.15, -0.1) is 0 Å². The first-order valence-corrected chi connectivity index (χ1v) is 11.5. The maximum atomic E-state index is 12.8. The summed E-state index contributed by atoms with van der Waals surface area (Å²) in [4.78, 5) is 12.9. The van der Waals surface area contributed by atoms with Crippen molar-refractivity contribution in [3.8, 4) is 0 Å². The lowest BCUT2D eigenvalue weighted by Crippen LogP contribution is -2.31. The monoisotopic (exact) mass is 441 g/mol. The van der Waals surface area contributed by atoms with Crippen LogP contribution < -0.4 is 5.32 Å². The van der Waals surface area contributed by atoms with E-state index in [4.69, 9.17) is 5.11 Å². The third kappa shape index (κ3) is 5.61. The van der Waals surface area contributed by atoms with Crippen molar-refractivity contribution < 1.29 is 18.3 Å². The molecule has 3 aromatic rings. The smallest absolute Gasteiger partial charge is 0.268 e. The number of aliphatic hydroxyl groups excluding tert-OH is 1. The molecule has 0 aliphatic carbocycles. The molecule has 8 heteroatoms.